The molecule has 3 aromatic rings. The van der Waals surface area contributed by atoms with E-state index in [4.69, 9.17) is 18.9 Å². The molecule has 0 radical (unpaired) electrons. The lowest BCUT2D eigenvalue weighted by Gasteiger charge is -2.25. The highest BCUT2D eigenvalue weighted by Crippen LogP contribution is 2.33. The maximum Gasteiger partial charge on any atom is 0.264 e. The summed E-state index contributed by atoms with van der Waals surface area (Å²) < 4.78 is 50.4. The molecule has 0 saturated carbocycles. The van der Waals surface area contributed by atoms with Gasteiger partial charge in [0.15, 0.2) is 11.5 Å². The van der Waals surface area contributed by atoms with Gasteiger partial charge in [-0.25, -0.2) is 8.42 Å². The Labute approximate surface area is 245 Å². The Morgan fingerprint density at radius 3 is 2.40 bits per heavy atom. The standard InChI is InChI=1S/C30H35N3O8S/c1-4-40-22-13-11-21(12-14-22)33(42(36,37)24-15-16-27(38-2)28(18-24)39-3)20-29(34)32-26-10-6-5-9-25(26)30(35)31-19-23-8-7-17-41-23/h5-6,9-16,18,23H,4,7-8,17,19-20H2,1-3H3,(H,31,35)(H,32,34)/t23-/m0/s1. The van der Waals surface area contributed by atoms with Crippen molar-refractivity contribution in [2.45, 2.75) is 30.8 Å². The summed E-state index contributed by atoms with van der Waals surface area (Å²) >= 11 is 0. The van der Waals surface area contributed by atoms with E-state index in [9.17, 15) is 18.0 Å². The van der Waals surface area contributed by atoms with E-state index in [-0.39, 0.29) is 39.6 Å². The average molecular weight is 598 g/mol. The second-order valence-electron chi connectivity index (χ2n) is 9.39. The van der Waals surface area contributed by atoms with Crippen molar-refractivity contribution in [2.75, 3.05) is 50.1 Å². The van der Waals surface area contributed by atoms with E-state index in [0.717, 1.165) is 17.1 Å². The number of carbonyl (C=O) groups excluding carboxylic acids is 2. The van der Waals surface area contributed by atoms with Gasteiger partial charge in [0, 0.05) is 19.2 Å². The van der Waals surface area contributed by atoms with Crippen LogP contribution in [0.2, 0.25) is 0 Å². The minimum Gasteiger partial charge on any atom is -0.494 e. The molecule has 0 aromatic heterocycles. The van der Waals surface area contributed by atoms with Crippen LogP contribution in [-0.4, -0.2) is 66.9 Å². The Morgan fingerprint density at radius 2 is 1.74 bits per heavy atom. The van der Waals surface area contributed by atoms with E-state index in [0.29, 0.717) is 31.3 Å². The molecule has 0 aliphatic carbocycles. The van der Waals surface area contributed by atoms with Crippen molar-refractivity contribution in [3.05, 3.63) is 72.3 Å². The van der Waals surface area contributed by atoms with Crippen LogP contribution >= 0.6 is 0 Å². The van der Waals surface area contributed by atoms with Gasteiger partial charge in [-0.1, -0.05) is 12.1 Å². The summed E-state index contributed by atoms with van der Waals surface area (Å²) in [5.74, 6) is 0.112. The summed E-state index contributed by atoms with van der Waals surface area (Å²) in [4.78, 5) is 26.2. The number of ether oxygens (including phenoxy) is 4. The first-order valence-electron chi connectivity index (χ1n) is 13.5. The normalized spacial score (nSPS) is 14.6. The molecule has 11 nitrogen and oxygen atoms in total. The smallest absolute Gasteiger partial charge is 0.264 e. The molecule has 0 bridgehead atoms. The predicted octanol–water partition coefficient (Wildman–Crippen LogP) is 3.85. The molecule has 4 rings (SSSR count). The number of nitrogens with one attached hydrogen (secondary N) is 2. The zero-order chi connectivity index (χ0) is 30.1. The maximum atomic E-state index is 13.9. The van der Waals surface area contributed by atoms with Crippen LogP contribution < -0.4 is 29.1 Å². The van der Waals surface area contributed by atoms with Crippen LogP contribution in [0.15, 0.2) is 71.6 Å². The van der Waals surface area contributed by atoms with Gasteiger partial charge in [0.05, 0.1) is 48.8 Å². The fourth-order valence-corrected chi connectivity index (χ4v) is 5.95. The topological polar surface area (TPSA) is 132 Å². The largest absolute Gasteiger partial charge is 0.494 e. The summed E-state index contributed by atoms with van der Waals surface area (Å²) in [7, 11) is -1.42. The number of anilines is 2. The van der Waals surface area contributed by atoms with Crippen LogP contribution in [0.3, 0.4) is 0 Å². The number of hydrogen-bond donors (Lipinski definition) is 2. The highest BCUT2D eigenvalue weighted by Gasteiger charge is 2.29. The SMILES string of the molecule is CCOc1ccc(N(CC(=O)Nc2ccccc2C(=O)NC[C@@H]2CCCO2)S(=O)(=O)c2ccc(OC)c(OC)c2)cc1. The number of benzene rings is 3. The lowest BCUT2D eigenvalue weighted by molar-refractivity contribution is -0.114. The minimum absolute atomic E-state index is 0.0415. The number of amides is 2. The molecule has 3 aromatic carbocycles. The first-order chi connectivity index (χ1) is 20.3. The van der Waals surface area contributed by atoms with Gasteiger partial charge in [-0.3, -0.25) is 13.9 Å². The van der Waals surface area contributed by atoms with E-state index in [1.54, 1.807) is 48.5 Å². The zero-order valence-electron chi connectivity index (χ0n) is 23.8. The molecule has 42 heavy (non-hydrogen) atoms. The van der Waals surface area contributed by atoms with Crippen LogP contribution in [0.25, 0.3) is 0 Å². The quantitative estimate of drug-likeness (QED) is 0.304. The Balaban J connectivity index is 1.60. The Kier molecular flexibility index (Phi) is 10.3. The molecule has 224 valence electrons. The van der Waals surface area contributed by atoms with Crippen molar-refractivity contribution in [1.82, 2.24) is 5.32 Å². The maximum absolute atomic E-state index is 13.9. The lowest BCUT2D eigenvalue weighted by atomic mass is 10.1. The number of nitrogens with zero attached hydrogens (tertiary/aromatic N) is 1. The zero-order valence-corrected chi connectivity index (χ0v) is 24.6. The molecule has 2 N–H and O–H groups in total. The number of carbonyl (C=O) groups is 2. The molecule has 0 unspecified atom stereocenters. The highest BCUT2D eigenvalue weighted by molar-refractivity contribution is 7.92. The highest BCUT2D eigenvalue weighted by atomic mass is 32.2. The summed E-state index contributed by atoms with van der Waals surface area (Å²) in [5, 5.41) is 5.56. The molecular formula is C30H35N3O8S. The van der Waals surface area contributed by atoms with Crippen LogP contribution in [0.5, 0.6) is 17.2 Å². The van der Waals surface area contributed by atoms with E-state index >= 15 is 0 Å². The molecule has 2 amide bonds. The summed E-state index contributed by atoms with van der Waals surface area (Å²) in [6.45, 7) is 2.74. The number of hydrogen-bond acceptors (Lipinski definition) is 8. The molecule has 1 fully saturated rings. The number of sulfonamides is 1. The molecule has 1 aliphatic rings. The molecule has 1 saturated heterocycles. The second-order valence-corrected chi connectivity index (χ2v) is 11.3. The van der Waals surface area contributed by atoms with Crippen molar-refractivity contribution in [2.24, 2.45) is 0 Å². The van der Waals surface area contributed by atoms with Crippen molar-refractivity contribution in [1.29, 1.82) is 0 Å². The predicted molar refractivity (Wildman–Crippen MR) is 158 cm³/mol. The summed E-state index contributed by atoms with van der Waals surface area (Å²) in [6.07, 6.45) is 1.78. The van der Waals surface area contributed by atoms with Gasteiger partial charge in [0.25, 0.3) is 15.9 Å². The van der Waals surface area contributed by atoms with Gasteiger partial charge >= 0.3 is 0 Å². The van der Waals surface area contributed by atoms with Gasteiger partial charge in [-0.05, 0) is 68.3 Å². The van der Waals surface area contributed by atoms with E-state index < -0.39 is 22.5 Å². The van der Waals surface area contributed by atoms with Crippen LogP contribution in [0, 0.1) is 0 Å². The van der Waals surface area contributed by atoms with Crippen LogP contribution in [0.4, 0.5) is 11.4 Å². The van der Waals surface area contributed by atoms with Crippen molar-refractivity contribution in [3.8, 4) is 17.2 Å². The number of para-hydroxylation sites is 1. The number of methoxy groups -OCH3 is 2. The van der Waals surface area contributed by atoms with E-state index in [2.05, 4.69) is 10.6 Å². The van der Waals surface area contributed by atoms with Gasteiger partial charge in [-0.15, -0.1) is 0 Å². The van der Waals surface area contributed by atoms with Crippen molar-refractivity contribution in [3.63, 3.8) is 0 Å². The Hall–Kier alpha value is -4.29. The summed E-state index contributed by atoms with van der Waals surface area (Å²) in [6, 6.07) is 17.1. The van der Waals surface area contributed by atoms with Gasteiger partial charge in [0.2, 0.25) is 5.91 Å². The minimum atomic E-state index is -4.27. The Bertz CT molecular complexity index is 1490. The fourth-order valence-electron chi connectivity index (χ4n) is 4.51. The third kappa shape index (κ3) is 7.31. The molecule has 0 spiro atoms. The van der Waals surface area contributed by atoms with Crippen molar-refractivity contribution < 1.29 is 37.0 Å². The molecule has 1 atom stereocenters. The average Bonchev–Trinajstić information content (AvgIpc) is 3.53. The first kappa shape index (κ1) is 30.7. The molecule has 12 heteroatoms. The third-order valence-corrected chi connectivity index (χ3v) is 8.40. The molecule has 1 aliphatic heterocycles. The van der Waals surface area contributed by atoms with E-state index in [1.807, 2.05) is 6.92 Å². The number of rotatable bonds is 13. The van der Waals surface area contributed by atoms with Gasteiger partial charge in [0.1, 0.15) is 12.3 Å². The first-order valence-corrected chi connectivity index (χ1v) is 15.0. The van der Waals surface area contributed by atoms with Crippen molar-refractivity contribution >= 4 is 33.2 Å². The molecule has 1 heterocycles. The van der Waals surface area contributed by atoms with Gasteiger partial charge < -0.3 is 29.6 Å². The second kappa shape index (κ2) is 14.1. The Morgan fingerprint density at radius 1 is 1.00 bits per heavy atom. The van der Waals surface area contributed by atoms with Crippen LogP contribution in [-0.2, 0) is 19.6 Å². The lowest BCUT2D eigenvalue weighted by Crippen LogP contribution is -2.38. The third-order valence-electron chi connectivity index (χ3n) is 6.63. The van der Waals surface area contributed by atoms with Crippen LogP contribution in [0.1, 0.15) is 30.1 Å². The van der Waals surface area contributed by atoms with E-state index in [1.165, 1.54) is 32.4 Å². The summed E-state index contributed by atoms with van der Waals surface area (Å²) in [5.41, 5.74) is 0.743. The fraction of sp³-hybridized carbons (Fsp3) is 0.333. The molecular weight excluding hydrogens is 562 g/mol. The monoisotopic (exact) mass is 597 g/mol. The van der Waals surface area contributed by atoms with Gasteiger partial charge in [-0.2, -0.15) is 0 Å².